The zero-order valence-electron chi connectivity index (χ0n) is 33.2. The average Bonchev–Trinajstić information content (AvgIpc) is 3.05. The maximum absolute atomic E-state index is 9.92. The minimum absolute atomic E-state index is 0. The summed E-state index contributed by atoms with van der Waals surface area (Å²) in [5.41, 5.74) is 0. The topological polar surface area (TPSA) is 201 Å². The Labute approximate surface area is 324 Å². The molecule has 0 unspecified atom stereocenters. The van der Waals surface area contributed by atoms with Crippen molar-refractivity contribution in [3.63, 3.8) is 0 Å². The van der Waals surface area contributed by atoms with Crippen LogP contribution in [0.25, 0.3) is 0 Å². The van der Waals surface area contributed by atoms with Gasteiger partial charge in [0.05, 0.1) is 0 Å². The van der Waals surface area contributed by atoms with E-state index in [1.165, 1.54) is 64.2 Å². The first-order chi connectivity index (χ1) is 23.9. The van der Waals surface area contributed by atoms with E-state index >= 15 is 0 Å². The molecule has 0 rings (SSSR count). The van der Waals surface area contributed by atoms with Gasteiger partial charge in [-0.2, -0.15) is 0 Å². The van der Waals surface area contributed by atoms with Crippen LogP contribution in [0.5, 0.6) is 0 Å². The third kappa shape index (κ3) is 93.2. The maximum atomic E-state index is 9.92. The Kier molecular flexibility index (Phi) is 68.5. The predicted octanol–water partition coefficient (Wildman–Crippen LogP) is 5.48. The van der Waals surface area contributed by atoms with E-state index in [0.29, 0.717) is 0 Å². The first kappa shape index (κ1) is 61.0. The standard InChI is InChI=1S/5C8H16O2.V/c5*1-2-3-4-5-6-7-8(9)10;/h5*2-7H2,1H3,(H,9,10);/p-5. The van der Waals surface area contributed by atoms with Crippen molar-refractivity contribution in [2.24, 2.45) is 0 Å². The summed E-state index contributed by atoms with van der Waals surface area (Å²) in [4.78, 5) is 49.6. The Morgan fingerprint density at radius 3 is 0.471 bits per heavy atom. The van der Waals surface area contributed by atoms with Crippen LogP contribution >= 0.6 is 0 Å². The molecule has 0 fully saturated rings. The minimum atomic E-state index is -0.920. The van der Waals surface area contributed by atoms with E-state index in [0.717, 1.165) is 96.3 Å². The third-order valence-corrected chi connectivity index (χ3v) is 7.42. The summed E-state index contributed by atoms with van der Waals surface area (Å²) in [6, 6.07) is 0. The predicted molar refractivity (Wildman–Crippen MR) is 192 cm³/mol. The average molecular weight is 767 g/mol. The number of rotatable bonds is 30. The van der Waals surface area contributed by atoms with Crippen LogP contribution in [-0.2, 0) is 42.5 Å². The van der Waals surface area contributed by atoms with Crippen LogP contribution in [0.15, 0.2) is 0 Å². The van der Waals surface area contributed by atoms with Crippen LogP contribution in [0.4, 0.5) is 0 Å². The van der Waals surface area contributed by atoms with E-state index in [1.54, 1.807) is 0 Å². The van der Waals surface area contributed by atoms with E-state index in [1.807, 2.05) is 0 Å². The zero-order chi connectivity index (χ0) is 39.1. The fourth-order valence-corrected chi connectivity index (χ4v) is 4.36. The molecule has 1 radical (unpaired) electrons. The Hall–Kier alpha value is -2.07. The monoisotopic (exact) mass is 766 g/mol. The summed E-state index contributed by atoms with van der Waals surface area (Å²) < 4.78 is 0. The van der Waals surface area contributed by atoms with E-state index < -0.39 is 29.8 Å². The van der Waals surface area contributed by atoms with Gasteiger partial charge in [-0.15, -0.1) is 0 Å². The first-order valence-electron chi connectivity index (χ1n) is 19.8. The summed E-state index contributed by atoms with van der Waals surface area (Å²) >= 11 is 0. The number of hydrogen-bond acceptors (Lipinski definition) is 10. The van der Waals surface area contributed by atoms with Gasteiger partial charge in [-0.05, 0) is 64.2 Å². The van der Waals surface area contributed by atoms with Crippen molar-refractivity contribution in [2.75, 3.05) is 0 Å². The molecule has 0 aliphatic carbocycles. The van der Waals surface area contributed by atoms with Crippen LogP contribution in [0, 0.1) is 0 Å². The van der Waals surface area contributed by atoms with Gasteiger partial charge in [-0.25, -0.2) is 0 Å². The number of aliphatic carboxylic acids is 5. The van der Waals surface area contributed by atoms with Crippen LogP contribution in [0.1, 0.15) is 227 Å². The van der Waals surface area contributed by atoms with Crippen LogP contribution in [-0.4, -0.2) is 29.8 Å². The molecule has 0 atom stereocenters. The van der Waals surface area contributed by atoms with Gasteiger partial charge < -0.3 is 49.5 Å². The van der Waals surface area contributed by atoms with Crippen molar-refractivity contribution in [1.29, 1.82) is 0 Å². The van der Waals surface area contributed by atoms with Gasteiger partial charge in [0.1, 0.15) is 0 Å². The first-order valence-corrected chi connectivity index (χ1v) is 19.8. The minimum Gasteiger partial charge on any atom is -0.550 e. The van der Waals surface area contributed by atoms with Crippen molar-refractivity contribution in [3.05, 3.63) is 0 Å². The van der Waals surface area contributed by atoms with Crippen molar-refractivity contribution < 1.29 is 68.1 Å². The molecule has 10 nitrogen and oxygen atoms in total. The molecule has 0 bridgehead atoms. The molecule has 0 aromatic rings. The third-order valence-electron chi connectivity index (χ3n) is 7.42. The summed E-state index contributed by atoms with van der Waals surface area (Å²) in [6.45, 7) is 10.7. The Balaban J connectivity index is -0.000000123. The zero-order valence-corrected chi connectivity index (χ0v) is 34.6. The molecule has 0 amide bonds. The molecule has 305 valence electrons. The number of hydrogen-bond donors (Lipinski definition) is 0. The van der Waals surface area contributed by atoms with Crippen LogP contribution < -0.4 is 25.5 Å². The van der Waals surface area contributed by atoms with Crippen molar-refractivity contribution >= 4 is 29.8 Å². The normalized spacial score (nSPS) is 9.51. The maximum Gasteiger partial charge on any atom is 0.0414 e. The smallest absolute Gasteiger partial charge is 0.0414 e. The van der Waals surface area contributed by atoms with Crippen LogP contribution in [0.3, 0.4) is 0 Å². The van der Waals surface area contributed by atoms with E-state index in [9.17, 15) is 49.5 Å². The SMILES string of the molecule is CCCCCCCC(=O)[O-].CCCCCCCC(=O)[O-].CCCCCCCC(=O)[O-].CCCCCCCC(=O)[O-].CCCCCCCC(=O)[O-].[V]. The van der Waals surface area contributed by atoms with Crippen molar-refractivity contribution in [1.82, 2.24) is 0 Å². The van der Waals surface area contributed by atoms with Crippen molar-refractivity contribution in [2.45, 2.75) is 227 Å². The van der Waals surface area contributed by atoms with Gasteiger partial charge in [-0.1, -0.05) is 163 Å². The molecule has 0 saturated heterocycles. The second-order valence-corrected chi connectivity index (χ2v) is 12.7. The molecule has 0 spiro atoms. The van der Waals surface area contributed by atoms with E-state index in [4.69, 9.17) is 0 Å². The molecule has 0 heterocycles. The molecule has 0 aromatic heterocycles. The summed E-state index contributed by atoms with van der Waals surface area (Å²) in [7, 11) is 0. The molecule has 0 saturated carbocycles. The molecular formula is C40H75O10V-5. The van der Waals surface area contributed by atoms with Crippen LogP contribution in [0.2, 0.25) is 0 Å². The fourth-order valence-electron chi connectivity index (χ4n) is 4.36. The van der Waals surface area contributed by atoms with Gasteiger partial charge in [0.15, 0.2) is 0 Å². The summed E-state index contributed by atoms with van der Waals surface area (Å²) in [5, 5.41) is 49.6. The van der Waals surface area contributed by atoms with Gasteiger partial charge in [-0.3, -0.25) is 0 Å². The van der Waals surface area contributed by atoms with Gasteiger partial charge >= 0.3 is 0 Å². The summed E-state index contributed by atoms with van der Waals surface area (Å²) in [6.07, 6.45) is 28.0. The number of carboxylic acids is 5. The quantitative estimate of drug-likeness (QED) is 0.0843. The number of unbranched alkanes of at least 4 members (excludes halogenated alkanes) is 20. The Morgan fingerprint density at radius 2 is 0.373 bits per heavy atom. The van der Waals surface area contributed by atoms with Crippen molar-refractivity contribution in [3.8, 4) is 0 Å². The molecular weight excluding hydrogens is 691 g/mol. The van der Waals surface area contributed by atoms with E-state index in [2.05, 4.69) is 34.6 Å². The molecule has 0 aliphatic heterocycles. The molecule has 0 aliphatic rings. The van der Waals surface area contributed by atoms with Gasteiger partial charge in [0.25, 0.3) is 0 Å². The van der Waals surface area contributed by atoms with Gasteiger partial charge in [0.2, 0.25) is 0 Å². The Bertz CT molecular complexity index is 593. The number of carbonyl (C=O) groups excluding carboxylic acids is 5. The van der Waals surface area contributed by atoms with Gasteiger partial charge in [0, 0.05) is 48.4 Å². The number of carbonyl (C=O) groups is 5. The molecule has 51 heavy (non-hydrogen) atoms. The number of carboxylic acid groups (broad SMARTS) is 5. The Morgan fingerprint density at radius 1 is 0.255 bits per heavy atom. The molecule has 0 N–H and O–H groups in total. The second-order valence-electron chi connectivity index (χ2n) is 12.7. The largest absolute Gasteiger partial charge is 0.550 e. The van der Waals surface area contributed by atoms with E-state index in [-0.39, 0.29) is 50.7 Å². The molecule has 0 aromatic carbocycles. The fraction of sp³-hybridized carbons (Fsp3) is 0.875. The molecule has 11 heteroatoms. The summed E-state index contributed by atoms with van der Waals surface area (Å²) in [5.74, 6) is -4.60. The second kappa shape index (κ2) is 57.3.